The zero-order valence-electron chi connectivity index (χ0n) is 17.6. The minimum absolute atomic E-state index is 0.0107. The van der Waals surface area contributed by atoms with Crippen molar-refractivity contribution in [2.24, 2.45) is 0 Å². The van der Waals surface area contributed by atoms with Gasteiger partial charge < -0.3 is 10.2 Å². The third-order valence-corrected chi connectivity index (χ3v) is 7.27. The van der Waals surface area contributed by atoms with Crippen molar-refractivity contribution in [2.75, 3.05) is 19.3 Å². The molecule has 0 radical (unpaired) electrons. The minimum Gasteiger partial charge on any atom is -0.351 e. The molecule has 1 aliphatic carbocycles. The van der Waals surface area contributed by atoms with Gasteiger partial charge in [0.2, 0.25) is 21.8 Å². The van der Waals surface area contributed by atoms with E-state index in [4.69, 9.17) is 0 Å². The van der Waals surface area contributed by atoms with Crippen molar-refractivity contribution in [3.05, 3.63) is 35.6 Å². The lowest BCUT2D eigenvalue weighted by molar-refractivity contribution is -0.154. The Morgan fingerprint density at radius 1 is 1.23 bits per heavy atom. The van der Waals surface area contributed by atoms with Crippen molar-refractivity contribution in [1.29, 1.82) is 0 Å². The van der Waals surface area contributed by atoms with Crippen LogP contribution in [-0.2, 0) is 26.2 Å². The van der Waals surface area contributed by atoms with E-state index in [9.17, 15) is 22.4 Å². The fraction of sp³-hybridized carbons (Fsp3) is 0.619. The lowest BCUT2D eigenvalue weighted by atomic mass is 9.93. The highest BCUT2D eigenvalue weighted by atomic mass is 32.2. The zero-order valence-corrected chi connectivity index (χ0v) is 18.4. The maximum atomic E-state index is 13.7. The van der Waals surface area contributed by atoms with Crippen LogP contribution in [0.15, 0.2) is 24.3 Å². The van der Waals surface area contributed by atoms with Crippen molar-refractivity contribution >= 4 is 21.8 Å². The Morgan fingerprint density at radius 3 is 2.50 bits per heavy atom. The number of carbonyl (C=O) groups is 2. The first kappa shape index (κ1) is 22.7. The van der Waals surface area contributed by atoms with Crippen LogP contribution in [0.3, 0.4) is 0 Å². The van der Waals surface area contributed by atoms with Crippen LogP contribution in [0.4, 0.5) is 4.39 Å². The van der Waals surface area contributed by atoms with E-state index >= 15 is 0 Å². The van der Waals surface area contributed by atoms with Gasteiger partial charge in [-0.2, -0.15) is 4.31 Å². The number of piperazine rings is 1. The van der Waals surface area contributed by atoms with E-state index in [2.05, 4.69) is 5.32 Å². The van der Waals surface area contributed by atoms with Crippen LogP contribution in [0.5, 0.6) is 0 Å². The molecule has 0 unspecified atom stereocenters. The van der Waals surface area contributed by atoms with Crippen LogP contribution in [-0.4, -0.2) is 60.4 Å². The molecule has 1 atom stereocenters. The van der Waals surface area contributed by atoms with Gasteiger partial charge in [0.1, 0.15) is 11.4 Å². The molecule has 7 nitrogen and oxygen atoms in total. The van der Waals surface area contributed by atoms with Gasteiger partial charge in [0.15, 0.2) is 0 Å². The van der Waals surface area contributed by atoms with Gasteiger partial charge in [-0.3, -0.25) is 9.59 Å². The van der Waals surface area contributed by atoms with Gasteiger partial charge >= 0.3 is 0 Å². The molecular formula is C21H30FN3O4S. The standard InChI is InChI=1S/C21H30FN3O4S/c1-21(20(27)23-18-10-5-3-4-6-11-18)15-24(30(2,28)29)14-19(26)25(21)13-16-8-7-9-17(22)12-16/h7-9,12,18H,3-6,10-11,13-15H2,1-2H3,(H,23,27)/t21-/m1/s1. The van der Waals surface area contributed by atoms with Crippen molar-refractivity contribution in [2.45, 2.75) is 63.6 Å². The number of carbonyl (C=O) groups excluding carboxylic acids is 2. The van der Waals surface area contributed by atoms with Gasteiger partial charge in [-0.1, -0.05) is 37.8 Å². The summed E-state index contributed by atoms with van der Waals surface area (Å²) in [6, 6.07) is 5.87. The Kier molecular flexibility index (Phi) is 6.81. The predicted octanol–water partition coefficient (Wildman–Crippen LogP) is 2.03. The van der Waals surface area contributed by atoms with Crippen molar-refractivity contribution in [3.63, 3.8) is 0 Å². The molecule has 2 amide bonds. The summed E-state index contributed by atoms with van der Waals surface area (Å²) in [5, 5.41) is 3.06. The third-order valence-electron chi connectivity index (χ3n) is 6.07. The Morgan fingerprint density at radius 2 is 1.90 bits per heavy atom. The van der Waals surface area contributed by atoms with Crippen LogP contribution in [0, 0.1) is 5.82 Å². The summed E-state index contributed by atoms with van der Waals surface area (Å²) in [5.74, 6) is -1.28. The highest BCUT2D eigenvalue weighted by molar-refractivity contribution is 7.88. The first-order chi connectivity index (χ1) is 14.1. The van der Waals surface area contributed by atoms with Crippen molar-refractivity contribution in [3.8, 4) is 0 Å². The second-order valence-corrected chi connectivity index (χ2v) is 10.6. The molecule has 9 heteroatoms. The predicted molar refractivity (Wildman–Crippen MR) is 111 cm³/mol. The average Bonchev–Trinajstić information content (AvgIpc) is 2.92. The van der Waals surface area contributed by atoms with Crippen LogP contribution in [0.2, 0.25) is 0 Å². The molecule has 3 rings (SSSR count). The van der Waals surface area contributed by atoms with Crippen LogP contribution in [0.1, 0.15) is 51.0 Å². The summed E-state index contributed by atoms with van der Waals surface area (Å²) < 4.78 is 39.0. The smallest absolute Gasteiger partial charge is 0.247 e. The Labute approximate surface area is 177 Å². The molecule has 0 bridgehead atoms. The maximum absolute atomic E-state index is 13.7. The fourth-order valence-corrected chi connectivity index (χ4v) is 5.10. The van der Waals surface area contributed by atoms with E-state index in [1.807, 2.05) is 0 Å². The maximum Gasteiger partial charge on any atom is 0.247 e. The molecule has 1 saturated heterocycles. The topological polar surface area (TPSA) is 86.8 Å². The zero-order chi connectivity index (χ0) is 21.9. The molecule has 0 aromatic heterocycles. The number of hydrogen-bond acceptors (Lipinski definition) is 4. The summed E-state index contributed by atoms with van der Waals surface area (Å²) in [5.41, 5.74) is -0.846. The molecule has 30 heavy (non-hydrogen) atoms. The molecule has 1 aliphatic heterocycles. The molecule has 1 aromatic carbocycles. The second-order valence-electron chi connectivity index (χ2n) is 8.58. The molecule has 1 saturated carbocycles. The minimum atomic E-state index is -3.66. The van der Waals surface area contributed by atoms with E-state index < -0.39 is 27.3 Å². The number of hydrogen-bond donors (Lipinski definition) is 1. The summed E-state index contributed by atoms with van der Waals surface area (Å²) in [6.07, 6.45) is 7.11. The molecule has 1 heterocycles. The number of nitrogens with one attached hydrogen (secondary N) is 1. The van der Waals surface area contributed by atoms with Gasteiger partial charge in [-0.05, 0) is 37.5 Å². The van der Waals surface area contributed by atoms with E-state index in [1.165, 1.54) is 17.0 Å². The Balaban J connectivity index is 1.89. The summed E-state index contributed by atoms with van der Waals surface area (Å²) in [4.78, 5) is 27.7. The first-order valence-corrected chi connectivity index (χ1v) is 12.3. The van der Waals surface area contributed by atoms with E-state index in [1.54, 1.807) is 19.1 Å². The molecule has 1 aromatic rings. The summed E-state index contributed by atoms with van der Waals surface area (Å²) in [6.45, 7) is 1.16. The van der Waals surface area contributed by atoms with E-state index in [-0.39, 0.29) is 31.6 Å². The van der Waals surface area contributed by atoms with Crippen molar-refractivity contribution < 1.29 is 22.4 Å². The Bertz CT molecular complexity index is 899. The summed E-state index contributed by atoms with van der Waals surface area (Å²) >= 11 is 0. The van der Waals surface area contributed by atoms with Crippen LogP contribution in [0.25, 0.3) is 0 Å². The number of sulfonamides is 1. The van der Waals surface area contributed by atoms with Gasteiger partial charge in [0, 0.05) is 19.1 Å². The van der Waals surface area contributed by atoms with E-state index in [0.29, 0.717) is 5.56 Å². The van der Waals surface area contributed by atoms with Crippen molar-refractivity contribution in [1.82, 2.24) is 14.5 Å². The van der Waals surface area contributed by atoms with Gasteiger partial charge in [0.25, 0.3) is 0 Å². The van der Waals surface area contributed by atoms with Gasteiger partial charge in [0.05, 0.1) is 12.8 Å². The molecule has 1 N–H and O–H groups in total. The lowest BCUT2D eigenvalue weighted by Crippen LogP contribution is -2.69. The quantitative estimate of drug-likeness (QED) is 0.712. The molecule has 0 spiro atoms. The lowest BCUT2D eigenvalue weighted by Gasteiger charge is -2.47. The molecule has 2 aliphatic rings. The first-order valence-electron chi connectivity index (χ1n) is 10.4. The second kappa shape index (κ2) is 9.01. The highest BCUT2D eigenvalue weighted by Gasteiger charge is 2.49. The average molecular weight is 440 g/mol. The fourth-order valence-electron chi connectivity index (χ4n) is 4.27. The van der Waals surface area contributed by atoms with Crippen LogP contribution >= 0.6 is 0 Å². The SMILES string of the molecule is C[C@]1(C(=O)NC2CCCCCC2)CN(S(C)(=O)=O)CC(=O)N1Cc1cccc(F)c1. The monoisotopic (exact) mass is 439 g/mol. The number of amides is 2. The summed E-state index contributed by atoms with van der Waals surface area (Å²) in [7, 11) is -3.66. The van der Waals surface area contributed by atoms with E-state index in [0.717, 1.165) is 49.1 Å². The number of nitrogens with zero attached hydrogens (tertiary/aromatic N) is 2. The molecule has 166 valence electrons. The molecule has 2 fully saturated rings. The van der Waals surface area contributed by atoms with Gasteiger partial charge in [-0.25, -0.2) is 12.8 Å². The number of halogens is 1. The third kappa shape index (κ3) is 5.18. The molecular weight excluding hydrogens is 409 g/mol. The van der Waals surface area contributed by atoms with Gasteiger partial charge in [-0.15, -0.1) is 0 Å². The Hall–Kier alpha value is -2.00. The number of benzene rings is 1. The normalized spacial score (nSPS) is 24.5. The van der Waals surface area contributed by atoms with Crippen LogP contribution < -0.4 is 5.32 Å². The number of rotatable bonds is 5. The largest absolute Gasteiger partial charge is 0.351 e. The highest BCUT2D eigenvalue weighted by Crippen LogP contribution is 2.28.